The zero-order chi connectivity index (χ0) is 18.8. The number of likely N-dealkylation sites (tertiary alicyclic amines) is 1. The molecular formula is C22H38N2O2. The Hall–Kier alpha value is -1.06. The molecule has 0 atom stereocenters. The number of amides is 2. The van der Waals surface area contributed by atoms with Gasteiger partial charge in [0.2, 0.25) is 11.8 Å². The fourth-order valence-corrected chi connectivity index (χ4v) is 5.31. The molecule has 0 bridgehead atoms. The highest BCUT2D eigenvalue weighted by Crippen LogP contribution is 2.47. The fourth-order valence-electron chi connectivity index (χ4n) is 5.31. The zero-order valence-electron chi connectivity index (χ0n) is 17.1. The molecule has 3 fully saturated rings. The fraction of sp³-hybridized carbons (Fsp3) is 0.909. The Morgan fingerprint density at radius 2 is 1.46 bits per heavy atom. The van der Waals surface area contributed by atoms with Gasteiger partial charge in [-0.2, -0.15) is 0 Å². The Balaban J connectivity index is 1.42. The van der Waals surface area contributed by atoms with Gasteiger partial charge in [0.15, 0.2) is 0 Å². The van der Waals surface area contributed by atoms with Crippen molar-refractivity contribution in [3.8, 4) is 0 Å². The van der Waals surface area contributed by atoms with Crippen LogP contribution in [0.5, 0.6) is 0 Å². The smallest absolute Gasteiger partial charge is 0.227 e. The number of hydrogen-bond acceptors (Lipinski definition) is 2. The van der Waals surface area contributed by atoms with Crippen LogP contribution in [0.3, 0.4) is 0 Å². The molecule has 1 saturated heterocycles. The third kappa shape index (κ3) is 4.61. The molecule has 0 unspecified atom stereocenters. The number of carbonyl (C=O) groups excluding carboxylic acids is 2. The van der Waals surface area contributed by atoms with Crippen molar-refractivity contribution < 1.29 is 9.59 Å². The molecule has 2 aliphatic carbocycles. The summed E-state index contributed by atoms with van der Waals surface area (Å²) in [5.74, 6) is 0.531. The number of nitrogens with zero attached hydrogens (tertiary/aromatic N) is 1. The van der Waals surface area contributed by atoms with Crippen LogP contribution < -0.4 is 5.32 Å². The summed E-state index contributed by atoms with van der Waals surface area (Å²) in [6.07, 6.45) is 13.6. The molecule has 1 heterocycles. The largest absolute Gasteiger partial charge is 0.353 e. The van der Waals surface area contributed by atoms with Crippen LogP contribution in [0.2, 0.25) is 0 Å². The average molecular weight is 363 g/mol. The normalized spacial score (nSPS) is 25.3. The molecule has 2 amide bonds. The van der Waals surface area contributed by atoms with Crippen molar-refractivity contribution in [3.05, 3.63) is 0 Å². The summed E-state index contributed by atoms with van der Waals surface area (Å²) in [7, 11) is 0. The summed E-state index contributed by atoms with van der Waals surface area (Å²) < 4.78 is 0. The second kappa shape index (κ2) is 7.90. The van der Waals surface area contributed by atoms with Gasteiger partial charge in [-0.05, 0) is 56.8 Å². The van der Waals surface area contributed by atoms with Crippen molar-refractivity contribution in [2.45, 2.75) is 97.4 Å². The van der Waals surface area contributed by atoms with E-state index in [0.717, 1.165) is 38.8 Å². The van der Waals surface area contributed by atoms with E-state index in [0.29, 0.717) is 11.5 Å². The van der Waals surface area contributed by atoms with Crippen LogP contribution in [0.1, 0.15) is 91.4 Å². The van der Waals surface area contributed by atoms with Gasteiger partial charge in [-0.3, -0.25) is 9.59 Å². The van der Waals surface area contributed by atoms with Crippen molar-refractivity contribution in [1.29, 1.82) is 0 Å². The van der Waals surface area contributed by atoms with E-state index < -0.39 is 0 Å². The lowest BCUT2D eigenvalue weighted by Crippen LogP contribution is -2.48. The molecule has 4 heteroatoms. The van der Waals surface area contributed by atoms with Crippen LogP contribution in [0.25, 0.3) is 0 Å². The van der Waals surface area contributed by atoms with E-state index in [1.165, 1.54) is 44.9 Å². The van der Waals surface area contributed by atoms with E-state index in [4.69, 9.17) is 0 Å². The summed E-state index contributed by atoms with van der Waals surface area (Å²) >= 11 is 0. The molecule has 0 radical (unpaired) electrons. The van der Waals surface area contributed by atoms with Gasteiger partial charge in [0, 0.05) is 30.5 Å². The third-order valence-corrected chi connectivity index (χ3v) is 7.10. The minimum atomic E-state index is -0.327. The molecule has 0 aromatic carbocycles. The summed E-state index contributed by atoms with van der Waals surface area (Å²) in [6.45, 7) is 7.35. The molecule has 1 aliphatic heterocycles. The van der Waals surface area contributed by atoms with Gasteiger partial charge in [-0.25, -0.2) is 0 Å². The molecule has 2 saturated carbocycles. The Morgan fingerprint density at radius 3 is 2.00 bits per heavy atom. The molecule has 148 valence electrons. The molecular weight excluding hydrogens is 324 g/mol. The van der Waals surface area contributed by atoms with Crippen molar-refractivity contribution in [2.24, 2.45) is 16.7 Å². The van der Waals surface area contributed by atoms with Crippen LogP contribution >= 0.6 is 0 Å². The predicted octanol–water partition coefficient (Wildman–Crippen LogP) is 4.28. The Morgan fingerprint density at radius 1 is 0.885 bits per heavy atom. The summed E-state index contributed by atoms with van der Waals surface area (Å²) in [4.78, 5) is 27.0. The number of hydrogen-bond donors (Lipinski definition) is 1. The first kappa shape index (κ1) is 19.7. The first-order valence-corrected chi connectivity index (χ1v) is 10.9. The van der Waals surface area contributed by atoms with E-state index in [-0.39, 0.29) is 23.1 Å². The second-order valence-corrected chi connectivity index (χ2v) is 10.2. The highest BCUT2D eigenvalue weighted by atomic mass is 16.2. The Labute approximate surface area is 159 Å². The molecule has 1 spiro atoms. The molecule has 3 aliphatic rings. The van der Waals surface area contributed by atoms with Crippen molar-refractivity contribution in [3.63, 3.8) is 0 Å². The molecule has 1 N–H and O–H groups in total. The van der Waals surface area contributed by atoms with E-state index in [2.05, 4.69) is 5.32 Å². The highest BCUT2D eigenvalue weighted by Gasteiger charge is 2.37. The molecule has 26 heavy (non-hydrogen) atoms. The predicted molar refractivity (Wildman–Crippen MR) is 105 cm³/mol. The van der Waals surface area contributed by atoms with Crippen molar-refractivity contribution in [1.82, 2.24) is 10.2 Å². The van der Waals surface area contributed by atoms with Crippen LogP contribution in [-0.2, 0) is 9.59 Å². The standard InChI is InChI=1S/C22H38N2O2/c1-21(2,3)20(26)24-15-9-17(10-16-24)19(25)23-18-7-13-22(14-8-18)11-5-4-6-12-22/h17-18H,4-16H2,1-3H3,(H,23,25). The van der Waals surface area contributed by atoms with Gasteiger partial charge in [0.05, 0.1) is 0 Å². The highest BCUT2D eigenvalue weighted by molar-refractivity contribution is 5.82. The van der Waals surface area contributed by atoms with E-state index in [9.17, 15) is 9.59 Å². The summed E-state index contributed by atoms with van der Waals surface area (Å²) in [6, 6.07) is 0.379. The maximum Gasteiger partial charge on any atom is 0.227 e. The van der Waals surface area contributed by atoms with E-state index in [1.54, 1.807) is 0 Å². The van der Waals surface area contributed by atoms with Crippen LogP contribution in [-0.4, -0.2) is 35.8 Å². The first-order chi connectivity index (χ1) is 12.3. The summed E-state index contributed by atoms with van der Waals surface area (Å²) in [5, 5.41) is 3.34. The van der Waals surface area contributed by atoms with E-state index in [1.807, 2.05) is 25.7 Å². The lowest BCUT2D eigenvalue weighted by Gasteiger charge is -2.43. The maximum atomic E-state index is 12.7. The van der Waals surface area contributed by atoms with Gasteiger partial charge in [-0.15, -0.1) is 0 Å². The third-order valence-electron chi connectivity index (χ3n) is 7.10. The maximum absolute atomic E-state index is 12.7. The lowest BCUT2D eigenvalue weighted by atomic mass is 9.64. The number of piperidine rings is 1. The van der Waals surface area contributed by atoms with Crippen molar-refractivity contribution in [2.75, 3.05) is 13.1 Å². The second-order valence-electron chi connectivity index (χ2n) is 10.2. The molecule has 0 aromatic heterocycles. The lowest BCUT2D eigenvalue weighted by molar-refractivity contribution is -0.142. The zero-order valence-corrected chi connectivity index (χ0v) is 17.1. The number of nitrogens with one attached hydrogen (secondary N) is 1. The molecule has 3 rings (SSSR count). The van der Waals surface area contributed by atoms with Gasteiger partial charge < -0.3 is 10.2 Å². The monoisotopic (exact) mass is 362 g/mol. The Bertz CT molecular complexity index is 499. The van der Waals surface area contributed by atoms with Gasteiger partial charge in [0.25, 0.3) is 0 Å². The van der Waals surface area contributed by atoms with Crippen LogP contribution in [0, 0.1) is 16.7 Å². The topological polar surface area (TPSA) is 49.4 Å². The first-order valence-electron chi connectivity index (χ1n) is 10.9. The van der Waals surface area contributed by atoms with Gasteiger partial charge >= 0.3 is 0 Å². The SMILES string of the molecule is CC(C)(C)C(=O)N1CCC(C(=O)NC2CCC3(CCCCC3)CC2)CC1. The number of carbonyl (C=O) groups is 2. The quantitative estimate of drug-likeness (QED) is 0.797. The molecule has 0 aromatic rings. The van der Waals surface area contributed by atoms with Gasteiger partial charge in [0.1, 0.15) is 0 Å². The summed E-state index contributed by atoms with van der Waals surface area (Å²) in [5.41, 5.74) is 0.282. The van der Waals surface area contributed by atoms with E-state index >= 15 is 0 Å². The average Bonchev–Trinajstić information content (AvgIpc) is 2.63. The van der Waals surface area contributed by atoms with Crippen molar-refractivity contribution >= 4 is 11.8 Å². The van der Waals surface area contributed by atoms with Gasteiger partial charge in [-0.1, -0.05) is 40.0 Å². The molecule has 4 nitrogen and oxygen atoms in total. The van der Waals surface area contributed by atoms with Crippen LogP contribution in [0.15, 0.2) is 0 Å². The minimum absolute atomic E-state index is 0.0876. The minimum Gasteiger partial charge on any atom is -0.353 e. The Kier molecular flexibility index (Phi) is 5.98. The number of rotatable bonds is 2. The van der Waals surface area contributed by atoms with Crippen LogP contribution in [0.4, 0.5) is 0 Å².